The SMILES string of the molecule is COC(=O)c1c(C)[nH]c(C(=O)O[C@@H](C)C(=O)NCc2ccc(C)cc2)c1C. The van der Waals surface area contributed by atoms with E-state index in [9.17, 15) is 14.4 Å². The van der Waals surface area contributed by atoms with Gasteiger partial charge in [-0.15, -0.1) is 0 Å². The first-order valence-corrected chi connectivity index (χ1v) is 8.56. The molecule has 2 rings (SSSR count). The first-order valence-electron chi connectivity index (χ1n) is 8.56. The van der Waals surface area contributed by atoms with Crippen molar-refractivity contribution in [3.63, 3.8) is 0 Å². The molecule has 0 radical (unpaired) electrons. The summed E-state index contributed by atoms with van der Waals surface area (Å²) < 4.78 is 9.95. The van der Waals surface area contributed by atoms with Crippen LogP contribution in [-0.2, 0) is 20.8 Å². The standard InChI is InChI=1S/C20H24N2O5/c1-11-6-8-15(9-7-11)10-21-18(23)14(4)27-20(25)17-12(2)16(13(3)22-17)19(24)26-5/h6-9,14,22H,10H2,1-5H3,(H,21,23)/t14-/m0/s1. The summed E-state index contributed by atoms with van der Waals surface area (Å²) in [6, 6.07) is 7.76. The number of esters is 2. The molecule has 0 saturated heterocycles. The van der Waals surface area contributed by atoms with E-state index < -0.39 is 23.9 Å². The zero-order chi connectivity index (χ0) is 20.1. The molecule has 27 heavy (non-hydrogen) atoms. The van der Waals surface area contributed by atoms with Crippen LogP contribution in [0.4, 0.5) is 0 Å². The topological polar surface area (TPSA) is 97.5 Å². The number of H-pyrrole nitrogens is 1. The molecule has 7 nitrogen and oxygen atoms in total. The van der Waals surface area contributed by atoms with E-state index >= 15 is 0 Å². The van der Waals surface area contributed by atoms with Crippen LogP contribution < -0.4 is 5.32 Å². The van der Waals surface area contributed by atoms with Crippen molar-refractivity contribution in [3.05, 3.63) is 57.9 Å². The molecule has 2 N–H and O–H groups in total. The molecule has 0 saturated carbocycles. The largest absolute Gasteiger partial charge is 0.465 e. The number of hydrogen-bond donors (Lipinski definition) is 2. The van der Waals surface area contributed by atoms with E-state index in [0.717, 1.165) is 11.1 Å². The third-order valence-electron chi connectivity index (χ3n) is 4.27. The fourth-order valence-electron chi connectivity index (χ4n) is 2.67. The molecule has 1 aromatic heterocycles. The number of carbonyl (C=O) groups is 3. The van der Waals surface area contributed by atoms with E-state index in [2.05, 4.69) is 10.3 Å². The Kier molecular flexibility index (Phi) is 6.39. The molecular weight excluding hydrogens is 348 g/mol. The summed E-state index contributed by atoms with van der Waals surface area (Å²) in [4.78, 5) is 39.2. The molecule has 144 valence electrons. The number of hydrogen-bond acceptors (Lipinski definition) is 5. The highest BCUT2D eigenvalue weighted by atomic mass is 16.5. The number of ether oxygens (including phenoxy) is 2. The van der Waals surface area contributed by atoms with E-state index in [4.69, 9.17) is 9.47 Å². The number of aryl methyl sites for hydroxylation is 2. The summed E-state index contributed by atoms with van der Waals surface area (Å²) in [6.07, 6.45) is -0.979. The van der Waals surface area contributed by atoms with Crippen LogP contribution in [0.15, 0.2) is 24.3 Å². The second-order valence-electron chi connectivity index (χ2n) is 6.37. The maximum atomic E-state index is 12.4. The second kappa shape index (κ2) is 8.53. The van der Waals surface area contributed by atoms with Crippen LogP contribution in [0.3, 0.4) is 0 Å². The molecule has 7 heteroatoms. The van der Waals surface area contributed by atoms with Gasteiger partial charge in [0.15, 0.2) is 6.10 Å². The lowest BCUT2D eigenvalue weighted by Gasteiger charge is -2.13. The fraction of sp³-hybridized carbons (Fsp3) is 0.350. The van der Waals surface area contributed by atoms with Crippen LogP contribution in [0.1, 0.15) is 50.2 Å². The molecule has 1 amide bonds. The predicted molar refractivity (Wildman–Crippen MR) is 99.5 cm³/mol. The minimum Gasteiger partial charge on any atom is -0.465 e. The van der Waals surface area contributed by atoms with Crippen LogP contribution in [-0.4, -0.2) is 36.0 Å². The molecule has 2 aromatic rings. The van der Waals surface area contributed by atoms with Crippen molar-refractivity contribution in [1.29, 1.82) is 0 Å². The van der Waals surface area contributed by atoms with Crippen molar-refractivity contribution in [3.8, 4) is 0 Å². The molecule has 1 atom stereocenters. The van der Waals surface area contributed by atoms with Crippen molar-refractivity contribution in [1.82, 2.24) is 10.3 Å². The first kappa shape index (κ1) is 20.2. The average Bonchev–Trinajstić information content (AvgIpc) is 2.94. The third kappa shape index (κ3) is 4.75. The molecule has 1 aromatic carbocycles. The van der Waals surface area contributed by atoms with Crippen LogP contribution in [0, 0.1) is 20.8 Å². The Hall–Kier alpha value is -3.09. The highest BCUT2D eigenvalue weighted by Gasteiger charge is 2.26. The quantitative estimate of drug-likeness (QED) is 0.760. The molecular formula is C20H24N2O5. The van der Waals surface area contributed by atoms with Gasteiger partial charge in [0.2, 0.25) is 0 Å². The molecule has 0 bridgehead atoms. The van der Waals surface area contributed by atoms with E-state index in [1.807, 2.05) is 31.2 Å². The van der Waals surface area contributed by atoms with Crippen molar-refractivity contribution in [2.24, 2.45) is 0 Å². The number of aromatic amines is 1. The van der Waals surface area contributed by atoms with E-state index in [-0.39, 0.29) is 5.69 Å². The zero-order valence-electron chi connectivity index (χ0n) is 16.1. The van der Waals surface area contributed by atoms with Gasteiger partial charge in [0.05, 0.1) is 12.7 Å². The molecule has 0 aliphatic rings. The maximum Gasteiger partial charge on any atom is 0.355 e. The Morgan fingerprint density at radius 1 is 1.07 bits per heavy atom. The molecule has 0 fully saturated rings. The lowest BCUT2D eigenvalue weighted by Crippen LogP contribution is -2.35. The summed E-state index contributed by atoms with van der Waals surface area (Å²) in [5.74, 6) is -1.65. The second-order valence-corrected chi connectivity index (χ2v) is 6.37. The third-order valence-corrected chi connectivity index (χ3v) is 4.27. The number of rotatable bonds is 6. The lowest BCUT2D eigenvalue weighted by atomic mass is 10.1. The highest BCUT2D eigenvalue weighted by molar-refractivity contribution is 5.99. The summed E-state index contributed by atoms with van der Waals surface area (Å²) >= 11 is 0. The van der Waals surface area contributed by atoms with E-state index in [1.165, 1.54) is 14.0 Å². The van der Waals surface area contributed by atoms with Gasteiger partial charge in [-0.05, 0) is 38.8 Å². The van der Waals surface area contributed by atoms with Gasteiger partial charge in [0.25, 0.3) is 5.91 Å². The van der Waals surface area contributed by atoms with Gasteiger partial charge in [-0.25, -0.2) is 9.59 Å². The monoisotopic (exact) mass is 372 g/mol. The summed E-state index contributed by atoms with van der Waals surface area (Å²) in [5, 5.41) is 2.73. The Labute approximate surface area is 158 Å². The van der Waals surface area contributed by atoms with Crippen LogP contribution in [0.5, 0.6) is 0 Å². The lowest BCUT2D eigenvalue weighted by molar-refractivity contribution is -0.129. The minimum atomic E-state index is -0.979. The van der Waals surface area contributed by atoms with Gasteiger partial charge < -0.3 is 19.8 Å². The average molecular weight is 372 g/mol. The summed E-state index contributed by atoms with van der Waals surface area (Å²) in [5.41, 5.74) is 3.44. The zero-order valence-corrected chi connectivity index (χ0v) is 16.1. The van der Waals surface area contributed by atoms with Gasteiger partial charge in [-0.1, -0.05) is 29.8 Å². The number of benzene rings is 1. The normalized spacial score (nSPS) is 11.6. The fourth-order valence-corrected chi connectivity index (χ4v) is 2.67. The van der Waals surface area contributed by atoms with Crippen LogP contribution >= 0.6 is 0 Å². The summed E-state index contributed by atoms with van der Waals surface area (Å²) in [7, 11) is 1.27. The van der Waals surface area contributed by atoms with Crippen molar-refractivity contribution < 1.29 is 23.9 Å². The molecule has 1 heterocycles. The van der Waals surface area contributed by atoms with Gasteiger partial charge in [-0.2, -0.15) is 0 Å². The minimum absolute atomic E-state index is 0.131. The number of aromatic nitrogens is 1. The predicted octanol–water partition coefficient (Wildman–Crippen LogP) is 2.59. The maximum absolute atomic E-state index is 12.4. The number of carbonyl (C=O) groups excluding carboxylic acids is 3. The van der Waals surface area contributed by atoms with Gasteiger partial charge in [0.1, 0.15) is 5.69 Å². The van der Waals surface area contributed by atoms with Gasteiger partial charge in [0, 0.05) is 12.2 Å². The number of amides is 1. The highest BCUT2D eigenvalue weighted by Crippen LogP contribution is 2.20. The first-order chi connectivity index (χ1) is 12.7. The van der Waals surface area contributed by atoms with Crippen LogP contribution in [0.25, 0.3) is 0 Å². The molecule has 0 spiro atoms. The van der Waals surface area contributed by atoms with Crippen molar-refractivity contribution >= 4 is 17.8 Å². The smallest absolute Gasteiger partial charge is 0.355 e. The molecule has 0 aliphatic carbocycles. The summed E-state index contributed by atoms with van der Waals surface area (Å²) in [6.45, 7) is 7.10. The van der Waals surface area contributed by atoms with Gasteiger partial charge >= 0.3 is 11.9 Å². The number of methoxy groups -OCH3 is 1. The van der Waals surface area contributed by atoms with E-state index in [1.54, 1.807) is 13.8 Å². The Balaban J connectivity index is 1.99. The molecule has 0 aliphatic heterocycles. The Morgan fingerprint density at radius 2 is 1.70 bits per heavy atom. The molecule has 0 unspecified atom stereocenters. The number of nitrogens with one attached hydrogen (secondary N) is 2. The van der Waals surface area contributed by atoms with Crippen molar-refractivity contribution in [2.75, 3.05) is 7.11 Å². The van der Waals surface area contributed by atoms with Gasteiger partial charge in [-0.3, -0.25) is 4.79 Å². The Morgan fingerprint density at radius 3 is 2.30 bits per heavy atom. The van der Waals surface area contributed by atoms with Crippen LogP contribution in [0.2, 0.25) is 0 Å². The van der Waals surface area contributed by atoms with Crippen molar-refractivity contribution in [2.45, 2.75) is 40.3 Å². The van der Waals surface area contributed by atoms with E-state index in [0.29, 0.717) is 23.4 Å². The Bertz CT molecular complexity index is 852.